The maximum absolute atomic E-state index is 11.6. The summed E-state index contributed by atoms with van der Waals surface area (Å²) < 4.78 is 5.32. The first-order chi connectivity index (χ1) is 9.02. The van der Waals surface area contributed by atoms with Gasteiger partial charge < -0.3 is 15.8 Å². The molecule has 0 aliphatic carbocycles. The summed E-state index contributed by atoms with van der Waals surface area (Å²) in [6.07, 6.45) is 1.97. The van der Waals surface area contributed by atoms with Crippen molar-refractivity contribution in [3.63, 3.8) is 0 Å². The Labute approximate surface area is 113 Å². The minimum Gasteiger partial charge on any atom is -0.484 e. The molecule has 3 N–H and O–H groups in total. The first-order valence-corrected chi connectivity index (χ1v) is 6.35. The fourth-order valence-corrected chi connectivity index (χ4v) is 1.69. The van der Waals surface area contributed by atoms with E-state index in [4.69, 9.17) is 10.5 Å². The van der Waals surface area contributed by atoms with Crippen LogP contribution in [0.4, 0.5) is 0 Å². The average molecular weight is 264 g/mol. The smallest absolute Gasteiger partial charge is 0.258 e. The second-order valence-electron chi connectivity index (χ2n) is 4.43. The topological polar surface area (TPSA) is 81.4 Å². The number of rotatable bonds is 7. The van der Waals surface area contributed by atoms with Crippen LogP contribution >= 0.6 is 0 Å². The van der Waals surface area contributed by atoms with E-state index in [1.54, 1.807) is 24.3 Å². The van der Waals surface area contributed by atoms with Crippen molar-refractivity contribution < 1.29 is 14.3 Å². The van der Waals surface area contributed by atoms with E-state index in [9.17, 15) is 9.59 Å². The molecule has 0 unspecified atom stereocenters. The lowest BCUT2D eigenvalue weighted by Crippen LogP contribution is -2.35. The third kappa shape index (κ3) is 5.42. The number of nitrogens with one attached hydrogen (secondary N) is 1. The van der Waals surface area contributed by atoms with Crippen LogP contribution < -0.4 is 15.8 Å². The number of hydrogen-bond acceptors (Lipinski definition) is 3. The van der Waals surface area contributed by atoms with Crippen LogP contribution in [0.25, 0.3) is 0 Å². The van der Waals surface area contributed by atoms with Gasteiger partial charge in [0, 0.05) is 11.6 Å². The van der Waals surface area contributed by atoms with Crippen LogP contribution in [0.15, 0.2) is 24.3 Å². The van der Waals surface area contributed by atoms with E-state index in [0.29, 0.717) is 11.3 Å². The Bertz CT molecular complexity index is 429. The maximum atomic E-state index is 11.6. The quantitative estimate of drug-likeness (QED) is 0.782. The molecule has 0 fully saturated rings. The van der Waals surface area contributed by atoms with Crippen LogP contribution in [-0.4, -0.2) is 24.5 Å². The second-order valence-corrected chi connectivity index (χ2v) is 4.43. The summed E-state index contributed by atoms with van der Waals surface area (Å²) in [5, 5.41) is 2.84. The van der Waals surface area contributed by atoms with Crippen molar-refractivity contribution in [2.24, 2.45) is 5.73 Å². The van der Waals surface area contributed by atoms with E-state index in [0.717, 1.165) is 12.8 Å². The molecular weight excluding hydrogens is 244 g/mol. The fraction of sp³-hybridized carbons (Fsp3) is 0.429. The molecule has 104 valence electrons. The first-order valence-electron chi connectivity index (χ1n) is 6.35. The Morgan fingerprint density at radius 1 is 1.32 bits per heavy atom. The zero-order valence-corrected chi connectivity index (χ0v) is 11.3. The van der Waals surface area contributed by atoms with Crippen LogP contribution in [0.1, 0.15) is 37.0 Å². The second kappa shape index (κ2) is 7.41. The Kier molecular flexibility index (Phi) is 5.85. The van der Waals surface area contributed by atoms with Gasteiger partial charge in [-0.25, -0.2) is 0 Å². The predicted octanol–water partition coefficient (Wildman–Crippen LogP) is 1.47. The lowest BCUT2D eigenvalue weighted by molar-refractivity contribution is -0.123. The highest BCUT2D eigenvalue weighted by Gasteiger charge is 2.07. The maximum Gasteiger partial charge on any atom is 0.258 e. The van der Waals surface area contributed by atoms with E-state index >= 15 is 0 Å². The molecule has 0 aromatic heterocycles. The molecule has 5 heteroatoms. The van der Waals surface area contributed by atoms with Crippen molar-refractivity contribution in [2.75, 3.05) is 6.61 Å². The number of carbonyl (C=O) groups is 2. The zero-order chi connectivity index (χ0) is 14.3. The molecule has 1 aromatic carbocycles. The fourth-order valence-electron chi connectivity index (χ4n) is 1.69. The van der Waals surface area contributed by atoms with Gasteiger partial charge in [0.1, 0.15) is 5.75 Å². The number of nitrogens with two attached hydrogens (primary N) is 1. The third-order valence-electron chi connectivity index (χ3n) is 2.64. The van der Waals surface area contributed by atoms with Gasteiger partial charge in [0.15, 0.2) is 6.61 Å². The molecule has 1 atom stereocenters. The van der Waals surface area contributed by atoms with Crippen molar-refractivity contribution >= 4 is 11.8 Å². The number of ether oxygens (including phenoxy) is 1. The molecule has 1 rings (SSSR count). The van der Waals surface area contributed by atoms with Crippen LogP contribution in [0, 0.1) is 0 Å². The van der Waals surface area contributed by atoms with Crippen molar-refractivity contribution in [2.45, 2.75) is 32.7 Å². The number of benzene rings is 1. The summed E-state index contributed by atoms with van der Waals surface area (Å²) in [7, 11) is 0. The summed E-state index contributed by atoms with van der Waals surface area (Å²) in [6, 6.07) is 6.51. The molecule has 0 saturated carbocycles. The average Bonchev–Trinajstić information content (AvgIpc) is 2.37. The van der Waals surface area contributed by atoms with Crippen molar-refractivity contribution in [3.8, 4) is 5.75 Å². The largest absolute Gasteiger partial charge is 0.484 e. The Hall–Kier alpha value is -2.04. The molecule has 0 bridgehead atoms. The van der Waals surface area contributed by atoms with Gasteiger partial charge in [-0.05, 0) is 37.6 Å². The van der Waals surface area contributed by atoms with Crippen LogP contribution in [0.2, 0.25) is 0 Å². The minimum absolute atomic E-state index is 0.0377. The van der Waals surface area contributed by atoms with Gasteiger partial charge in [0.2, 0.25) is 5.91 Å². The lowest BCUT2D eigenvalue weighted by Gasteiger charge is -2.13. The van der Waals surface area contributed by atoms with Gasteiger partial charge in [0.05, 0.1) is 0 Å². The van der Waals surface area contributed by atoms with Crippen molar-refractivity contribution in [1.29, 1.82) is 0 Å². The minimum atomic E-state index is -0.488. The summed E-state index contributed by atoms with van der Waals surface area (Å²) in [4.78, 5) is 22.4. The van der Waals surface area contributed by atoms with Gasteiger partial charge in [-0.1, -0.05) is 13.3 Å². The first kappa shape index (κ1) is 15.0. The van der Waals surface area contributed by atoms with E-state index in [2.05, 4.69) is 12.2 Å². The summed E-state index contributed by atoms with van der Waals surface area (Å²) in [5.74, 6) is -0.110. The molecule has 0 heterocycles. The Morgan fingerprint density at radius 3 is 2.47 bits per heavy atom. The molecule has 19 heavy (non-hydrogen) atoms. The summed E-state index contributed by atoms with van der Waals surface area (Å²) in [6.45, 7) is 3.99. The molecule has 1 aromatic rings. The van der Waals surface area contributed by atoms with Crippen LogP contribution in [0.5, 0.6) is 5.75 Å². The van der Waals surface area contributed by atoms with Crippen molar-refractivity contribution in [3.05, 3.63) is 29.8 Å². The number of carbonyl (C=O) groups excluding carboxylic acids is 2. The van der Waals surface area contributed by atoms with E-state index < -0.39 is 5.91 Å². The van der Waals surface area contributed by atoms with E-state index in [1.165, 1.54) is 0 Å². The van der Waals surface area contributed by atoms with Gasteiger partial charge >= 0.3 is 0 Å². The SMILES string of the molecule is CCC[C@H](C)NC(=O)COc1ccc(C(N)=O)cc1. The zero-order valence-electron chi connectivity index (χ0n) is 11.3. The standard InChI is InChI=1S/C14H20N2O3/c1-3-4-10(2)16-13(17)9-19-12-7-5-11(6-8-12)14(15)18/h5-8,10H,3-4,9H2,1-2H3,(H2,15,18)(H,16,17)/t10-/m0/s1. The van der Waals surface area contributed by atoms with Gasteiger partial charge in [-0.3, -0.25) is 9.59 Å². The Balaban J connectivity index is 2.39. The molecule has 0 saturated heterocycles. The number of hydrogen-bond donors (Lipinski definition) is 2. The van der Waals surface area contributed by atoms with E-state index in [1.807, 2.05) is 6.92 Å². The highest BCUT2D eigenvalue weighted by Crippen LogP contribution is 2.11. The predicted molar refractivity (Wildman–Crippen MR) is 73.0 cm³/mol. The summed E-state index contributed by atoms with van der Waals surface area (Å²) >= 11 is 0. The summed E-state index contributed by atoms with van der Waals surface area (Å²) in [5.41, 5.74) is 5.54. The third-order valence-corrected chi connectivity index (χ3v) is 2.64. The molecule has 5 nitrogen and oxygen atoms in total. The lowest BCUT2D eigenvalue weighted by atomic mass is 10.2. The number of amides is 2. The molecule has 0 aliphatic heterocycles. The highest BCUT2D eigenvalue weighted by molar-refractivity contribution is 5.92. The monoisotopic (exact) mass is 264 g/mol. The van der Waals surface area contributed by atoms with Crippen LogP contribution in [-0.2, 0) is 4.79 Å². The molecule has 2 amide bonds. The molecular formula is C14H20N2O3. The van der Waals surface area contributed by atoms with Gasteiger partial charge in [0.25, 0.3) is 5.91 Å². The molecule has 0 radical (unpaired) electrons. The highest BCUT2D eigenvalue weighted by atomic mass is 16.5. The normalized spacial score (nSPS) is 11.7. The Morgan fingerprint density at radius 2 is 1.95 bits per heavy atom. The van der Waals surface area contributed by atoms with Crippen molar-refractivity contribution in [1.82, 2.24) is 5.32 Å². The molecule has 0 spiro atoms. The van der Waals surface area contributed by atoms with Gasteiger partial charge in [-0.15, -0.1) is 0 Å². The van der Waals surface area contributed by atoms with E-state index in [-0.39, 0.29) is 18.6 Å². The number of primary amides is 1. The van der Waals surface area contributed by atoms with Crippen LogP contribution in [0.3, 0.4) is 0 Å². The molecule has 0 aliphatic rings. The van der Waals surface area contributed by atoms with Gasteiger partial charge in [-0.2, -0.15) is 0 Å².